The highest BCUT2D eigenvalue weighted by molar-refractivity contribution is 9.10. The Morgan fingerprint density at radius 1 is 1.04 bits per heavy atom. The Kier molecular flexibility index (Phi) is 5.55. The highest BCUT2D eigenvalue weighted by Crippen LogP contribution is 2.24. The molecular weight excluding hydrogens is 358 g/mol. The molecule has 0 atom stereocenters. The van der Waals surface area contributed by atoms with Gasteiger partial charge in [0.05, 0.1) is 5.56 Å². The molecule has 0 spiro atoms. The summed E-state index contributed by atoms with van der Waals surface area (Å²) in [5.74, 6) is -0.880. The van der Waals surface area contributed by atoms with Gasteiger partial charge in [-0.1, -0.05) is 33.6 Å². The molecule has 0 aliphatic carbocycles. The van der Waals surface area contributed by atoms with E-state index in [9.17, 15) is 9.59 Å². The second-order valence-electron chi connectivity index (χ2n) is 5.41. The van der Waals surface area contributed by atoms with Gasteiger partial charge in [-0.25, -0.2) is 4.79 Å². The molecule has 0 unspecified atom stereocenters. The van der Waals surface area contributed by atoms with E-state index in [2.05, 4.69) is 21.2 Å². The van der Waals surface area contributed by atoms with Crippen molar-refractivity contribution >= 4 is 33.5 Å². The van der Waals surface area contributed by atoms with Crippen molar-refractivity contribution in [2.45, 2.75) is 20.8 Å². The molecular formula is C18H18BrNO3. The maximum absolute atomic E-state index is 11.9. The predicted octanol–water partition coefficient (Wildman–Crippen LogP) is 4.17. The van der Waals surface area contributed by atoms with Gasteiger partial charge in [0, 0.05) is 10.2 Å². The number of amides is 1. The number of carbonyl (C=O) groups is 2. The summed E-state index contributed by atoms with van der Waals surface area (Å²) in [6.45, 7) is 5.51. The Bertz CT molecular complexity index is 715. The van der Waals surface area contributed by atoms with E-state index in [0.29, 0.717) is 11.3 Å². The van der Waals surface area contributed by atoms with Crippen molar-refractivity contribution in [2.24, 2.45) is 0 Å². The van der Waals surface area contributed by atoms with Crippen molar-refractivity contribution in [2.75, 3.05) is 11.9 Å². The summed E-state index contributed by atoms with van der Waals surface area (Å²) in [4.78, 5) is 23.8. The number of hydrogen-bond acceptors (Lipinski definition) is 3. The van der Waals surface area contributed by atoms with Crippen molar-refractivity contribution in [3.63, 3.8) is 0 Å². The van der Waals surface area contributed by atoms with Gasteiger partial charge in [0.25, 0.3) is 5.91 Å². The van der Waals surface area contributed by atoms with E-state index in [-0.39, 0.29) is 12.5 Å². The summed E-state index contributed by atoms with van der Waals surface area (Å²) in [5, 5.41) is 2.73. The number of carbonyl (C=O) groups excluding carboxylic acids is 2. The van der Waals surface area contributed by atoms with Crippen LogP contribution in [-0.2, 0) is 9.53 Å². The van der Waals surface area contributed by atoms with Gasteiger partial charge in [-0.05, 0) is 56.2 Å². The SMILES string of the molecule is Cc1ccc(C(=O)OCC(=O)Nc2cc(C)c(Br)c(C)c2)cc1. The normalized spacial score (nSPS) is 10.3. The zero-order valence-electron chi connectivity index (χ0n) is 13.3. The Hall–Kier alpha value is -2.14. The molecule has 0 aliphatic heterocycles. The standard InChI is InChI=1S/C18H18BrNO3/c1-11-4-6-14(7-5-11)18(22)23-10-16(21)20-15-8-12(2)17(19)13(3)9-15/h4-9H,10H2,1-3H3,(H,20,21). The monoisotopic (exact) mass is 375 g/mol. The molecule has 0 aliphatic rings. The average molecular weight is 376 g/mol. The van der Waals surface area contributed by atoms with Crippen LogP contribution in [0.3, 0.4) is 0 Å². The van der Waals surface area contributed by atoms with E-state index in [0.717, 1.165) is 21.2 Å². The van der Waals surface area contributed by atoms with Gasteiger partial charge in [0.15, 0.2) is 6.61 Å². The van der Waals surface area contributed by atoms with Crippen molar-refractivity contribution in [1.29, 1.82) is 0 Å². The van der Waals surface area contributed by atoms with E-state index in [1.165, 1.54) is 0 Å². The van der Waals surface area contributed by atoms with Crippen molar-refractivity contribution < 1.29 is 14.3 Å². The molecule has 0 heterocycles. The lowest BCUT2D eigenvalue weighted by atomic mass is 10.1. The molecule has 1 amide bonds. The van der Waals surface area contributed by atoms with Crippen LogP contribution < -0.4 is 5.32 Å². The molecule has 0 aromatic heterocycles. The smallest absolute Gasteiger partial charge is 0.338 e. The summed E-state index contributed by atoms with van der Waals surface area (Å²) < 4.78 is 6.04. The Balaban J connectivity index is 1.92. The quantitative estimate of drug-likeness (QED) is 0.815. The van der Waals surface area contributed by atoms with Crippen LogP contribution in [0.4, 0.5) is 5.69 Å². The van der Waals surface area contributed by atoms with Gasteiger partial charge < -0.3 is 10.1 Å². The fraction of sp³-hybridized carbons (Fsp3) is 0.222. The Morgan fingerprint density at radius 3 is 2.17 bits per heavy atom. The molecule has 0 radical (unpaired) electrons. The molecule has 0 saturated heterocycles. The summed E-state index contributed by atoms with van der Waals surface area (Å²) in [6, 6.07) is 10.7. The van der Waals surface area contributed by atoms with Crippen LogP contribution in [0.2, 0.25) is 0 Å². The van der Waals surface area contributed by atoms with Gasteiger partial charge >= 0.3 is 5.97 Å². The third-order valence-electron chi connectivity index (χ3n) is 3.34. The third kappa shape index (κ3) is 4.66. The minimum absolute atomic E-state index is 0.319. The van der Waals surface area contributed by atoms with Crippen LogP contribution in [0.5, 0.6) is 0 Å². The predicted molar refractivity (Wildman–Crippen MR) is 93.7 cm³/mol. The van der Waals surface area contributed by atoms with Crippen molar-refractivity contribution in [3.8, 4) is 0 Å². The highest BCUT2D eigenvalue weighted by atomic mass is 79.9. The number of esters is 1. The first-order valence-electron chi connectivity index (χ1n) is 7.17. The zero-order valence-corrected chi connectivity index (χ0v) is 14.9. The van der Waals surface area contributed by atoms with E-state index in [1.807, 2.05) is 45.0 Å². The second kappa shape index (κ2) is 7.42. The third-order valence-corrected chi connectivity index (χ3v) is 4.59. The van der Waals surface area contributed by atoms with Gasteiger partial charge in [0.2, 0.25) is 0 Å². The molecule has 0 saturated carbocycles. The number of benzene rings is 2. The van der Waals surface area contributed by atoms with Crippen molar-refractivity contribution in [3.05, 3.63) is 63.1 Å². The lowest BCUT2D eigenvalue weighted by molar-refractivity contribution is -0.119. The number of nitrogens with one attached hydrogen (secondary N) is 1. The molecule has 120 valence electrons. The Morgan fingerprint density at radius 2 is 1.61 bits per heavy atom. The minimum atomic E-state index is -0.511. The van der Waals surface area contributed by atoms with Gasteiger partial charge in [-0.2, -0.15) is 0 Å². The molecule has 2 aromatic rings. The van der Waals surface area contributed by atoms with Crippen LogP contribution in [0, 0.1) is 20.8 Å². The maximum atomic E-state index is 11.9. The summed E-state index contributed by atoms with van der Waals surface area (Å²) >= 11 is 3.48. The van der Waals surface area contributed by atoms with Crippen LogP contribution in [0.15, 0.2) is 40.9 Å². The summed E-state index contributed by atoms with van der Waals surface area (Å²) in [7, 11) is 0. The first kappa shape index (κ1) is 17.2. The lowest BCUT2D eigenvalue weighted by Crippen LogP contribution is -2.21. The highest BCUT2D eigenvalue weighted by Gasteiger charge is 2.11. The maximum Gasteiger partial charge on any atom is 0.338 e. The zero-order chi connectivity index (χ0) is 17.0. The van der Waals surface area contributed by atoms with E-state index in [4.69, 9.17) is 4.74 Å². The largest absolute Gasteiger partial charge is 0.452 e. The van der Waals surface area contributed by atoms with E-state index < -0.39 is 5.97 Å². The number of rotatable bonds is 4. The lowest BCUT2D eigenvalue weighted by Gasteiger charge is -2.10. The molecule has 1 N–H and O–H groups in total. The fourth-order valence-corrected chi connectivity index (χ4v) is 2.35. The molecule has 2 aromatic carbocycles. The topological polar surface area (TPSA) is 55.4 Å². The van der Waals surface area contributed by atoms with Gasteiger partial charge in [0.1, 0.15) is 0 Å². The Labute approximate surface area is 144 Å². The van der Waals surface area contributed by atoms with Crippen LogP contribution in [-0.4, -0.2) is 18.5 Å². The molecule has 0 fully saturated rings. The first-order valence-corrected chi connectivity index (χ1v) is 7.96. The van der Waals surface area contributed by atoms with Gasteiger partial charge in [-0.3, -0.25) is 4.79 Å². The van der Waals surface area contributed by atoms with Crippen LogP contribution in [0.1, 0.15) is 27.0 Å². The van der Waals surface area contributed by atoms with Crippen LogP contribution >= 0.6 is 15.9 Å². The molecule has 0 bridgehead atoms. The molecule has 23 heavy (non-hydrogen) atoms. The summed E-state index contributed by atoms with van der Waals surface area (Å²) in [6.07, 6.45) is 0. The number of hydrogen-bond donors (Lipinski definition) is 1. The van der Waals surface area contributed by atoms with E-state index >= 15 is 0 Å². The molecule has 5 heteroatoms. The minimum Gasteiger partial charge on any atom is -0.452 e. The van der Waals surface area contributed by atoms with Crippen molar-refractivity contribution in [1.82, 2.24) is 0 Å². The first-order chi connectivity index (χ1) is 10.9. The fourth-order valence-electron chi connectivity index (χ4n) is 2.12. The van der Waals surface area contributed by atoms with Crippen LogP contribution in [0.25, 0.3) is 0 Å². The number of ether oxygens (including phenoxy) is 1. The number of halogens is 1. The number of aryl methyl sites for hydroxylation is 3. The molecule has 2 rings (SSSR count). The average Bonchev–Trinajstić information content (AvgIpc) is 2.51. The summed E-state index contributed by atoms with van der Waals surface area (Å²) in [5.41, 5.74) is 4.22. The van der Waals surface area contributed by atoms with Gasteiger partial charge in [-0.15, -0.1) is 0 Å². The molecule has 4 nitrogen and oxygen atoms in total. The van der Waals surface area contributed by atoms with E-state index in [1.54, 1.807) is 12.1 Å². The number of anilines is 1. The second-order valence-corrected chi connectivity index (χ2v) is 6.21.